The zero-order valence-corrected chi connectivity index (χ0v) is 13.9. The van der Waals surface area contributed by atoms with E-state index in [9.17, 15) is 4.79 Å². The summed E-state index contributed by atoms with van der Waals surface area (Å²) >= 11 is 12.6. The fraction of sp³-hybridized carbons (Fsp3) is 0.533. The Morgan fingerprint density at radius 1 is 1.45 bits per heavy atom. The molecule has 2 aliphatic rings. The number of carbonyl (C=O) groups excluding carboxylic acids is 1. The van der Waals surface area contributed by atoms with Gasteiger partial charge in [0.1, 0.15) is 5.75 Å². The summed E-state index contributed by atoms with van der Waals surface area (Å²) in [5.41, 5.74) is 2.08. The lowest BCUT2D eigenvalue weighted by molar-refractivity contribution is 0.238. The summed E-state index contributed by atoms with van der Waals surface area (Å²) in [6, 6.07) is 1.74. The third-order valence-electron chi connectivity index (χ3n) is 4.03. The maximum Gasteiger partial charge on any atom is 0.315 e. The summed E-state index contributed by atoms with van der Waals surface area (Å²) < 4.78 is 5.61. The highest BCUT2D eigenvalue weighted by atomic mass is 35.5. The average Bonchev–Trinajstić information content (AvgIpc) is 3.09. The first-order valence-corrected chi connectivity index (χ1v) is 8.28. The van der Waals surface area contributed by atoms with Crippen LogP contribution in [0.5, 0.6) is 5.75 Å². The number of halogens is 2. The van der Waals surface area contributed by atoms with Gasteiger partial charge in [0, 0.05) is 37.7 Å². The van der Waals surface area contributed by atoms with Gasteiger partial charge >= 0.3 is 6.03 Å². The van der Waals surface area contributed by atoms with Gasteiger partial charge in [-0.2, -0.15) is 0 Å². The highest BCUT2D eigenvalue weighted by Crippen LogP contribution is 2.45. The van der Waals surface area contributed by atoms with E-state index in [1.165, 1.54) is 0 Å². The summed E-state index contributed by atoms with van der Waals surface area (Å²) in [7, 11) is 0. The number of amides is 2. The van der Waals surface area contributed by atoms with E-state index in [1.807, 2.05) is 6.92 Å². The Hall–Kier alpha value is -1.33. The molecule has 0 unspecified atom stereocenters. The van der Waals surface area contributed by atoms with Crippen LogP contribution in [0.1, 0.15) is 18.9 Å². The van der Waals surface area contributed by atoms with E-state index in [0.29, 0.717) is 23.2 Å². The highest BCUT2D eigenvalue weighted by Gasteiger charge is 2.30. The Bertz CT molecular complexity index is 595. The molecule has 120 valence electrons. The van der Waals surface area contributed by atoms with Crippen molar-refractivity contribution < 1.29 is 9.53 Å². The highest BCUT2D eigenvalue weighted by molar-refractivity contribution is 6.37. The maximum atomic E-state index is 11.6. The number of benzene rings is 1. The lowest BCUT2D eigenvalue weighted by atomic mass is 10.1. The summed E-state index contributed by atoms with van der Waals surface area (Å²) in [5, 5.41) is 6.95. The smallest absolute Gasteiger partial charge is 0.315 e. The van der Waals surface area contributed by atoms with Crippen LogP contribution in [0, 0.1) is 0 Å². The monoisotopic (exact) mass is 343 g/mol. The number of ether oxygens (including phenoxy) is 1. The fourth-order valence-corrected chi connectivity index (χ4v) is 3.78. The van der Waals surface area contributed by atoms with Gasteiger partial charge in [-0.1, -0.05) is 23.2 Å². The van der Waals surface area contributed by atoms with Gasteiger partial charge in [0.2, 0.25) is 0 Å². The van der Waals surface area contributed by atoms with E-state index < -0.39 is 0 Å². The van der Waals surface area contributed by atoms with Crippen molar-refractivity contribution in [3.63, 3.8) is 0 Å². The number of nitrogens with one attached hydrogen (secondary N) is 2. The topological polar surface area (TPSA) is 53.6 Å². The molecule has 2 N–H and O–H groups in total. The molecule has 0 aliphatic carbocycles. The first kappa shape index (κ1) is 15.6. The molecular formula is C15H19Cl2N3O2. The first-order valence-electron chi connectivity index (χ1n) is 7.53. The largest absolute Gasteiger partial charge is 0.491 e. The molecule has 2 aliphatic heterocycles. The van der Waals surface area contributed by atoms with Crippen LogP contribution in [0.15, 0.2) is 6.07 Å². The van der Waals surface area contributed by atoms with E-state index in [-0.39, 0.29) is 12.1 Å². The van der Waals surface area contributed by atoms with E-state index in [1.54, 1.807) is 6.07 Å². The van der Waals surface area contributed by atoms with Crippen molar-refractivity contribution in [2.45, 2.75) is 25.8 Å². The second kappa shape index (κ2) is 6.42. The molecular weight excluding hydrogens is 325 g/mol. The minimum Gasteiger partial charge on any atom is -0.491 e. The van der Waals surface area contributed by atoms with Gasteiger partial charge in [-0.05, 0) is 19.4 Å². The Labute approximate surface area is 139 Å². The maximum absolute atomic E-state index is 11.6. The van der Waals surface area contributed by atoms with Crippen LogP contribution < -0.4 is 20.3 Å². The van der Waals surface area contributed by atoms with Crippen molar-refractivity contribution in [3.8, 4) is 5.75 Å². The molecule has 0 bridgehead atoms. The second-order valence-corrected chi connectivity index (χ2v) is 6.34. The average molecular weight is 344 g/mol. The fourth-order valence-electron chi connectivity index (χ4n) is 3.10. The lowest BCUT2D eigenvalue weighted by Gasteiger charge is -2.23. The standard InChI is InChI=1S/C15H19Cl2N3O2/c1-2-18-15(21)19-9-3-5-20(8-9)13-10-4-6-22-14(10)12(17)7-11(13)16/h7,9H,2-6,8H2,1H3,(H2,18,19,21)/t9-/m0/s1. The molecule has 0 radical (unpaired) electrons. The normalized spacial score (nSPS) is 19.8. The molecule has 2 amide bonds. The number of hydrogen-bond donors (Lipinski definition) is 2. The molecule has 1 atom stereocenters. The number of rotatable bonds is 3. The van der Waals surface area contributed by atoms with Gasteiger partial charge in [0.05, 0.1) is 22.3 Å². The summed E-state index contributed by atoms with van der Waals surface area (Å²) in [5.74, 6) is 0.751. The molecule has 1 fully saturated rings. The van der Waals surface area contributed by atoms with Crippen molar-refractivity contribution in [2.75, 3.05) is 31.1 Å². The zero-order chi connectivity index (χ0) is 15.7. The molecule has 22 heavy (non-hydrogen) atoms. The van der Waals surface area contributed by atoms with Gasteiger partial charge in [-0.15, -0.1) is 0 Å². The zero-order valence-electron chi connectivity index (χ0n) is 12.4. The predicted octanol–water partition coefficient (Wildman–Crippen LogP) is 2.83. The van der Waals surface area contributed by atoms with Crippen LogP contribution in [-0.4, -0.2) is 38.3 Å². The summed E-state index contributed by atoms with van der Waals surface area (Å²) in [6.07, 6.45) is 1.71. The number of carbonyl (C=O) groups is 1. The van der Waals surface area contributed by atoms with Crippen molar-refractivity contribution in [1.29, 1.82) is 0 Å². The van der Waals surface area contributed by atoms with E-state index in [4.69, 9.17) is 27.9 Å². The second-order valence-electron chi connectivity index (χ2n) is 5.53. The molecule has 0 aromatic heterocycles. The molecule has 1 saturated heterocycles. The number of hydrogen-bond acceptors (Lipinski definition) is 3. The van der Waals surface area contributed by atoms with Gasteiger partial charge in [-0.25, -0.2) is 4.79 Å². The quantitative estimate of drug-likeness (QED) is 0.887. The third kappa shape index (κ3) is 2.92. The Kier molecular flexibility index (Phi) is 4.54. The van der Waals surface area contributed by atoms with Crippen LogP contribution in [0.4, 0.5) is 10.5 Å². The summed E-state index contributed by atoms with van der Waals surface area (Å²) in [4.78, 5) is 13.8. The third-order valence-corrected chi connectivity index (χ3v) is 4.60. The van der Waals surface area contributed by atoms with Gasteiger partial charge in [0.25, 0.3) is 0 Å². The van der Waals surface area contributed by atoms with Gasteiger partial charge in [-0.3, -0.25) is 0 Å². The van der Waals surface area contributed by atoms with Crippen LogP contribution in [0.2, 0.25) is 10.0 Å². The van der Waals surface area contributed by atoms with Crippen LogP contribution >= 0.6 is 23.2 Å². The van der Waals surface area contributed by atoms with Crippen molar-refractivity contribution >= 4 is 34.9 Å². The first-order chi connectivity index (χ1) is 10.6. The van der Waals surface area contributed by atoms with Crippen LogP contribution in [0.25, 0.3) is 0 Å². The SMILES string of the molecule is CCNC(=O)N[C@H]1CCN(c2c(Cl)cc(Cl)c3c2CCO3)C1. The van der Waals surface area contributed by atoms with E-state index in [0.717, 1.165) is 42.9 Å². The molecule has 3 rings (SSSR count). The van der Waals surface area contributed by atoms with Gasteiger partial charge < -0.3 is 20.3 Å². The number of nitrogens with zero attached hydrogens (tertiary/aromatic N) is 1. The minimum atomic E-state index is -0.120. The molecule has 1 aromatic carbocycles. The Balaban J connectivity index is 1.77. The Morgan fingerprint density at radius 2 is 2.27 bits per heavy atom. The number of anilines is 1. The molecule has 2 heterocycles. The lowest BCUT2D eigenvalue weighted by Crippen LogP contribution is -2.43. The van der Waals surface area contributed by atoms with Crippen LogP contribution in [0.3, 0.4) is 0 Å². The van der Waals surface area contributed by atoms with Gasteiger partial charge in [0.15, 0.2) is 0 Å². The predicted molar refractivity (Wildman–Crippen MR) is 88.5 cm³/mol. The van der Waals surface area contributed by atoms with Crippen molar-refractivity contribution in [2.24, 2.45) is 0 Å². The van der Waals surface area contributed by atoms with Crippen LogP contribution in [-0.2, 0) is 6.42 Å². The molecule has 0 spiro atoms. The number of fused-ring (bicyclic) bond motifs is 1. The minimum absolute atomic E-state index is 0.120. The number of urea groups is 1. The molecule has 7 heteroatoms. The molecule has 5 nitrogen and oxygen atoms in total. The Morgan fingerprint density at radius 3 is 3.05 bits per heavy atom. The molecule has 0 saturated carbocycles. The van der Waals surface area contributed by atoms with E-state index >= 15 is 0 Å². The van der Waals surface area contributed by atoms with E-state index in [2.05, 4.69) is 15.5 Å². The molecule has 1 aromatic rings. The van der Waals surface area contributed by atoms with Crippen molar-refractivity contribution in [1.82, 2.24) is 10.6 Å². The van der Waals surface area contributed by atoms with Crippen molar-refractivity contribution in [3.05, 3.63) is 21.7 Å². The summed E-state index contributed by atoms with van der Waals surface area (Å²) in [6.45, 7) is 4.75.